The Morgan fingerprint density at radius 2 is 2.00 bits per heavy atom. The van der Waals surface area contributed by atoms with Crippen LogP contribution in [-0.4, -0.2) is 33.6 Å². The second-order valence-corrected chi connectivity index (χ2v) is 9.96. The fraction of sp³-hybridized carbons (Fsp3) is 0.591. The molecule has 3 fully saturated rings. The zero-order valence-corrected chi connectivity index (χ0v) is 17.7. The smallest absolute Gasteiger partial charge is 0.319 e. The first-order chi connectivity index (χ1) is 14.2. The van der Waals surface area contributed by atoms with Crippen LogP contribution < -0.4 is 9.47 Å². The van der Waals surface area contributed by atoms with Crippen molar-refractivity contribution in [3.05, 3.63) is 23.5 Å². The second-order valence-electron chi connectivity index (χ2n) is 9.12. The van der Waals surface area contributed by atoms with E-state index in [1.54, 1.807) is 31.8 Å². The van der Waals surface area contributed by atoms with Crippen molar-refractivity contribution in [3.8, 4) is 23.1 Å². The number of nitrogens with zero attached hydrogens (tertiary/aromatic N) is 4. The monoisotopic (exact) mass is 410 g/mol. The normalized spacial score (nSPS) is 30.6. The molecule has 3 aromatic rings. The van der Waals surface area contributed by atoms with Crippen molar-refractivity contribution in [1.29, 1.82) is 0 Å². The number of hydrogen-bond donors (Lipinski definition) is 0. The average molecular weight is 411 g/mol. The lowest BCUT2D eigenvalue weighted by atomic mass is 9.68. The minimum atomic E-state index is 0.294. The third-order valence-corrected chi connectivity index (χ3v) is 8.45. The maximum absolute atomic E-state index is 5.52. The summed E-state index contributed by atoms with van der Waals surface area (Å²) >= 11 is 1.68. The molecule has 0 aromatic carbocycles. The van der Waals surface area contributed by atoms with Gasteiger partial charge in [0.2, 0.25) is 5.88 Å². The van der Waals surface area contributed by atoms with Crippen LogP contribution >= 0.6 is 11.3 Å². The fourth-order valence-electron chi connectivity index (χ4n) is 6.48. The quantitative estimate of drug-likeness (QED) is 0.622. The molecular formula is C22H26N4O2S. The summed E-state index contributed by atoms with van der Waals surface area (Å²) in [6, 6.07) is 0.313. The summed E-state index contributed by atoms with van der Waals surface area (Å²) in [5, 5.41) is 2.12. The Balaban J connectivity index is 1.43. The van der Waals surface area contributed by atoms with Gasteiger partial charge in [-0.3, -0.25) is 4.40 Å². The minimum Gasteiger partial charge on any atom is -0.480 e. The molecule has 3 aliphatic rings. The van der Waals surface area contributed by atoms with E-state index >= 15 is 0 Å². The molecule has 3 aliphatic carbocycles. The van der Waals surface area contributed by atoms with Gasteiger partial charge in [-0.15, -0.1) is 11.3 Å². The molecule has 7 heteroatoms. The van der Waals surface area contributed by atoms with Gasteiger partial charge in [0.05, 0.1) is 31.2 Å². The van der Waals surface area contributed by atoms with E-state index in [4.69, 9.17) is 14.5 Å². The molecule has 0 saturated heterocycles. The molecule has 29 heavy (non-hydrogen) atoms. The Hall–Kier alpha value is -2.15. The van der Waals surface area contributed by atoms with Crippen molar-refractivity contribution in [1.82, 2.24) is 19.4 Å². The molecule has 0 spiro atoms. The summed E-state index contributed by atoms with van der Waals surface area (Å²) in [6.45, 7) is 0. The number of methoxy groups -OCH3 is 2. The zero-order chi connectivity index (χ0) is 19.6. The maximum Gasteiger partial charge on any atom is 0.319 e. The Bertz CT molecular complexity index is 1070. The largest absolute Gasteiger partial charge is 0.480 e. The zero-order valence-electron chi connectivity index (χ0n) is 16.9. The summed E-state index contributed by atoms with van der Waals surface area (Å²) in [4.78, 5) is 14.8. The van der Waals surface area contributed by atoms with Gasteiger partial charge in [-0.25, -0.2) is 9.97 Å². The summed E-state index contributed by atoms with van der Waals surface area (Å²) in [5.41, 5.74) is 3.50. The van der Waals surface area contributed by atoms with Crippen molar-refractivity contribution < 1.29 is 9.47 Å². The van der Waals surface area contributed by atoms with E-state index in [0.29, 0.717) is 17.3 Å². The molecule has 3 bridgehead atoms. The van der Waals surface area contributed by atoms with Crippen LogP contribution in [-0.2, 0) is 5.41 Å². The molecule has 3 aromatic heterocycles. The van der Waals surface area contributed by atoms with Crippen molar-refractivity contribution in [2.45, 2.75) is 50.4 Å². The van der Waals surface area contributed by atoms with Gasteiger partial charge in [-0.2, -0.15) is 4.98 Å². The molecule has 3 heterocycles. The number of ether oxygens (including phenoxy) is 2. The molecule has 6 rings (SSSR count). The topological polar surface area (TPSA) is 61.5 Å². The average Bonchev–Trinajstić information content (AvgIpc) is 3.36. The summed E-state index contributed by atoms with van der Waals surface area (Å²) in [6.07, 6.45) is 13.8. The first-order valence-electron chi connectivity index (χ1n) is 10.6. The van der Waals surface area contributed by atoms with E-state index in [1.807, 2.05) is 0 Å². The van der Waals surface area contributed by atoms with Crippen LogP contribution in [0.15, 0.2) is 17.8 Å². The number of aromatic nitrogens is 4. The highest BCUT2D eigenvalue weighted by atomic mass is 32.1. The van der Waals surface area contributed by atoms with Crippen LogP contribution in [0.4, 0.5) is 0 Å². The van der Waals surface area contributed by atoms with Gasteiger partial charge in [0.15, 0.2) is 4.96 Å². The fourth-order valence-corrected chi connectivity index (χ4v) is 7.35. The van der Waals surface area contributed by atoms with Crippen molar-refractivity contribution in [3.63, 3.8) is 0 Å². The Morgan fingerprint density at radius 1 is 1.10 bits per heavy atom. The van der Waals surface area contributed by atoms with Gasteiger partial charge in [0.25, 0.3) is 0 Å². The SMILES string of the molecule is COc1ncc(-c2csc3nc(C45CC6CCCC(C4)C(C6)C5)cn23)c(OC)n1. The van der Waals surface area contributed by atoms with Crippen molar-refractivity contribution >= 4 is 16.3 Å². The van der Waals surface area contributed by atoms with E-state index in [0.717, 1.165) is 34.0 Å². The van der Waals surface area contributed by atoms with Gasteiger partial charge < -0.3 is 9.47 Å². The Labute approximate surface area is 174 Å². The van der Waals surface area contributed by atoms with Gasteiger partial charge >= 0.3 is 6.01 Å². The number of hydrogen-bond acceptors (Lipinski definition) is 6. The lowest BCUT2D eigenvalue weighted by Crippen LogP contribution is -2.31. The molecule has 6 nitrogen and oxygen atoms in total. The Morgan fingerprint density at radius 3 is 2.86 bits per heavy atom. The van der Waals surface area contributed by atoms with Crippen LogP contribution in [0.2, 0.25) is 0 Å². The van der Waals surface area contributed by atoms with Gasteiger partial charge in [0, 0.05) is 23.2 Å². The number of thiazole rings is 1. The highest BCUT2D eigenvalue weighted by Gasteiger charge is 2.53. The molecule has 0 aliphatic heterocycles. The number of rotatable bonds is 4. The predicted molar refractivity (Wildman–Crippen MR) is 112 cm³/mol. The number of fused-ring (bicyclic) bond motifs is 3. The third kappa shape index (κ3) is 2.62. The van der Waals surface area contributed by atoms with Gasteiger partial charge in [-0.05, 0) is 43.4 Å². The lowest BCUT2D eigenvalue weighted by Gasteiger charge is -2.36. The van der Waals surface area contributed by atoms with Crippen LogP contribution in [0.25, 0.3) is 16.2 Å². The summed E-state index contributed by atoms with van der Waals surface area (Å²) in [5.74, 6) is 3.26. The van der Waals surface area contributed by atoms with E-state index in [2.05, 4.69) is 25.9 Å². The van der Waals surface area contributed by atoms with Crippen molar-refractivity contribution in [2.75, 3.05) is 14.2 Å². The van der Waals surface area contributed by atoms with Crippen LogP contribution in [0.1, 0.15) is 50.6 Å². The standard InChI is InChI=1S/C22H26N4O2S/c1-27-19-16(10-23-20(25-19)28-2)17-12-29-21-24-18(11-26(17)21)22-7-13-4-3-5-14(8-22)15(6-13)9-22/h10-15H,3-9H2,1-2H3. The van der Waals surface area contributed by atoms with E-state index in [1.165, 1.54) is 50.6 Å². The van der Waals surface area contributed by atoms with Gasteiger partial charge in [-0.1, -0.05) is 19.3 Å². The minimum absolute atomic E-state index is 0.294. The third-order valence-electron chi connectivity index (χ3n) is 7.61. The van der Waals surface area contributed by atoms with Crippen LogP contribution in [0.5, 0.6) is 11.9 Å². The van der Waals surface area contributed by atoms with E-state index in [-0.39, 0.29) is 0 Å². The van der Waals surface area contributed by atoms with Gasteiger partial charge in [0.1, 0.15) is 0 Å². The summed E-state index contributed by atoms with van der Waals surface area (Å²) < 4.78 is 12.9. The molecular weight excluding hydrogens is 384 g/mol. The molecule has 0 radical (unpaired) electrons. The first-order valence-corrected chi connectivity index (χ1v) is 11.5. The molecule has 3 saturated carbocycles. The molecule has 0 N–H and O–H groups in total. The van der Waals surface area contributed by atoms with Crippen molar-refractivity contribution in [2.24, 2.45) is 17.8 Å². The van der Waals surface area contributed by atoms with E-state index in [9.17, 15) is 0 Å². The van der Waals surface area contributed by atoms with Crippen LogP contribution in [0, 0.1) is 17.8 Å². The lowest BCUT2D eigenvalue weighted by molar-refractivity contribution is 0.215. The molecule has 4 unspecified atom stereocenters. The highest BCUT2D eigenvalue weighted by molar-refractivity contribution is 7.15. The first kappa shape index (κ1) is 17.7. The Kier molecular flexibility index (Phi) is 3.92. The van der Waals surface area contributed by atoms with Crippen LogP contribution in [0.3, 0.4) is 0 Å². The molecule has 4 atom stereocenters. The highest BCUT2D eigenvalue weighted by Crippen LogP contribution is 2.60. The predicted octanol–water partition coefficient (Wildman–Crippen LogP) is 4.73. The summed E-state index contributed by atoms with van der Waals surface area (Å²) in [7, 11) is 3.19. The maximum atomic E-state index is 5.52. The second kappa shape index (κ2) is 6.42. The van der Waals surface area contributed by atoms with E-state index < -0.39 is 0 Å². The molecule has 152 valence electrons. The molecule has 0 amide bonds. The number of imidazole rings is 1.